The van der Waals surface area contributed by atoms with Crippen LogP contribution in [0.4, 0.5) is 73.4 Å². The van der Waals surface area contributed by atoms with Crippen molar-refractivity contribution in [1.29, 1.82) is 0 Å². The van der Waals surface area contributed by atoms with Crippen molar-refractivity contribution in [2.75, 3.05) is 85.9 Å². The summed E-state index contributed by atoms with van der Waals surface area (Å²) in [5.74, 6) is -4.72. The van der Waals surface area contributed by atoms with Crippen molar-refractivity contribution < 1.29 is 41.8 Å². The number of aromatic nitrogens is 4. The molecule has 6 aromatic carbocycles. The minimum atomic E-state index is -1.11. The quantitative estimate of drug-likeness (QED) is 0.0373. The number of aromatic carboxylic acids is 1. The van der Waals surface area contributed by atoms with Crippen molar-refractivity contribution in [2.45, 2.75) is 40.8 Å². The van der Waals surface area contributed by atoms with E-state index >= 15 is 0 Å². The SMILES string of the molecule is Cc1ccc(C(=O)O)cc1-c1nc(NCCN(C)C)nc2c1CNC(=O)N2c1c(F)cccc1F.Cc1ccccc1N.Cc1ccccc1NC(=O)c1ccc(C)c(-c2nc(NCCN(C)C)nc3c2CNC(=O)N3c2c(F)cccc2F)c1. The fourth-order valence-electron chi connectivity index (χ4n) is 9.05. The van der Waals surface area contributed by atoms with Gasteiger partial charge >= 0.3 is 18.0 Å². The van der Waals surface area contributed by atoms with Crippen LogP contribution in [0, 0.1) is 51.0 Å². The largest absolute Gasteiger partial charge is 0.478 e. The molecule has 0 aliphatic carbocycles. The maximum atomic E-state index is 15.0. The molecule has 0 fully saturated rings. The molecular formula is C62H64F4N14O5. The number of carboxylic acid groups (broad SMARTS) is 1. The Kier molecular flexibility index (Phi) is 19.4. The van der Waals surface area contributed by atoms with Crippen molar-refractivity contribution >= 4 is 70.2 Å². The maximum absolute atomic E-state index is 15.0. The highest BCUT2D eigenvalue weighted by Crippen LogP contribution is 2.41. The van der Waals surface area contributed by atoms with Crippen LogP contribution < -0.4 is 42.1 Å². The summed E-state index contributed by atoms with van der Waals surface area (Å²) in [7, 11) is 7.64. The van der Waals surface area contributed by atoms with E-state index in [2.05, 4.69) is 41.5 Å². The molecule has 8 N–H and O–H groups in total. The Morgan fingerprint density at radius 2 is 0.988 bits per heavy atom. The third-order valence-corrected chi connectivity index (χ3v) is 13.7. The van der Waals surface area contributed by atoms with E-state index in [4.69, 9.17) is 10.7 Å². The number of hydrogen-bond acceptors (Lipinski definition) is 13. The molecule has 0 saturated carbocycles. The number of likely N-dealkylation sites (N-methyl/N-ethyl adjacent to an activating group) is 2. The number of nitrogens with zero attached hydrogens (tertiary/aromatic N) is 8. The van der Waals surface area contributed by atoms with Crippen LogP contribution in [-0.4, -0.2) is 113 Å². The Morgan fingerprint density at radius 1 is 0.565 bits per heavy atom. The van der Waals surface area contributed by atoms with Crippen LogP contribution in [0.2, 0.25) is 0 Å². The zero-order valence-corrected chi connectivity index (χ0v) is 48.0. The van der Waals surface area contributed by atoms with Crippen LogP contribution in [0.3, 0.4) is 0 Å². The lowest BCUT2D eigenvalue weighted by molar-refractivity contribution is 0.0696. The van der Waals surface area contributed by atoms with Gasteiger partial charge in [-0.25, -0.2) is 51.7 Å². The number of carbonyl (C=O) groups is 4. The molecule has 4 heterocycles. The maximum Gasteiger partial charge on any atom is 0.335 e. The number of aryl methyl sites for hydroxylation is 4. The van der Waals surface area contributed by atoms with Gasteiger partial charge < -0.3 is 47.2 Å². The minimum absolute atomic E-state index is 0.00914. The van der Waals surface area contributed by atoms with Gasteiger partial charge in [0.15, 0.2) is 11.6 Å². The summed E-state index contributed by atoms with van der Waals surface area (Å²) in [5, 5.41) is 24.0. The van der Waals surface area contributed by atoms with Crippen LogP contribution in [0.15, 0.2) is 121 Å². The fourth-order valence-corrected chi connectivity index (χ4v) is 9.05. The molecule has 85 heavy (non-hydrogen) atoms. The molecule has 2 aromatic heterocycles. The van der Waals surface area contributed by atoms with E-state index in [0.29, 0.717) is 71.1 Å². The minimum Gasteiger partial charge on any atom is -0.478 e. The Bertz CT molecular complexity index is 3770. The molecule has 0 unspecified atom stereocenters. The van der Waals surface area contributed by atoms with Crippen molar-refractivity contribution in [2.24, 2.45) is 0 Å². The molecule has 0 spiro atoms. The first kappa shape index (κ1) is 61.1. The number of rotatable bonds is 15. The number of nitrogen functional groups attached to an aromatic ring is 1. The highest BCUT2D eigenvalue weighted by atomic mass is 19.1. The van der Waals surface area contributed by atoms with E-state index < -0.39 is 52.7 Å². The number of amides is 5. The summed E-state index contributed by atoms with van der Waals surface area (Å²) in [5.41, 5.74) is 12.8. The predicted molar refractivity (Wildman–Crippen MR) is 322 cm³/mol. The average Bonchev–Trinajstić information content (AvgIpc) is 2.25. The lowest BCUT2D eigenvalue weighted by Crippen LogP contribution is -2.43. The zero-order valence-electron chi connectivity index (χ0n) is 48.0. The second-order valence-electron chi connectivity index (χ2n) is 20.5. The number of carboxylic acids is 1. The Hall–Kier alpha value is -10.0. The summed E-state index contributed by atoms with van der Waals surface area (Å²) in [4.78, 5) is 74.9. The first-order chi connectivity index (χ1) is 40.6. The molecular weight excluding hydrogens is 1100 g/mol. The molecule has 23 heteroatoms. The monoisotopic (exact) mass is 1160 g/mol. The van der Waals surface area contributed by atoms with E-state index in [1.807, 2.05) is 113 Å². The van der Waals surface area contributed by atoms with Crippen molar-refractivity contribution in [1.82, 2.24) is 40.4 Å². The Balaban J connectivity index is 0.000000198. The van der Waals surface area contributed by atoms with Crippen LogP contribution in [-0.2, 0) is 13.1 Å². The van der Waals surface area contributed by atoms with Crippen molar-refractivity contribution in [3.8, 4) is 22.5 Å². The highest BCUT2D eigenvalue weighted by molar-refractivity contribution is 6.06. The van der Waals surface area contributed by atoms with Gasteiger partial charge in [0, 0.05) is 65.4 Å². The lowest BCUT2D eigenvalue weighted by Gasteiger charge is -2.31. The van der Waals surface area contributed by atoms with Crippen molar-refractivity contribution in [3.05, 3.63) is 189 Å². The molecule has 2 aliphatic rings. The summed E-state index contributed by atoms with van der Waals surface area (Å²) in [6.45, 7) is 9.83. The summed E-state index contributed by atoms with van der Waals surface area (Å²) in [6, 6.07) is 30.4. The Morgan fingerprint density at radius 3 is 1.40 bits per heavy atom. The number of carbonyl (C=O) groups excluding carboxylic acids is 3. The number of fused-ring (bicyclic) bond motifs is 2. The van der Waals surface area contributed by atoms with Crippen LogP contribution in [0.1, 0.15) is 54.1 Å². The lowest BCUT2D eigenvalue weighted by atomic mass is 9.97. The first-order valence-electron chi connectivity index (χ1n) is 26.9. The van der Waals surface area contributed by atoms with Gasteiger partial charge in [0.2, 0.25) is 11.9 Å². The normalized spacial score (nSPS) is 12.4. The van der Waals surface area contributed by atoms with Gasteiger partial charge in [-0.15, -0.1) is 0 Å². The number of hydrogen-bond donors (Lipinski definition) is 7. The smallest absolute Gasteiger partial charge is 0.335 e. The number of anilines is 8. The van der Waals surface area contributed by atoms with Gasteiger partial charge in [-0.2, -0.15) is 9.97 Å². The van der Waals surface area contributed by atoms with Crippen LogP contribution in [0.25, 0.3) is 22.5 Å². The van der Waals surface area contributed by atoms with Gasteiger partial charge in [-0.05, 0) is 139 Å². The van der Waals surface area contributed by atoms with E-state index in [1.165, 1.54) is 24.3 Å². The van der Waals surface area contributed by atoms with Gasteiger partial charge in [-0.1, -0.05) is 60.7 Å². The molecule has 0 bridgehead atoms. The molecule has 440 valence electrons. The summed E-state index contributed by atoms with van der Waals surface area (Å²) >= 11 is 0. The second-order valence-corrected chi connectivity index (χ2v) is 20.5. The van der Waals surface area contributed by atoms with E-state index in [-0.39, 0.29) is 48.1 Å². The number of para-hydroxylation sites is 4. The third-order valence-electron chi connectivity index (χ3n) is 13.7. The predicted octanol–water partition coefficient (Wildman–Crippen LogP) is 11.0. The summed E-state index contributed by atoms with van der Waals surface area (Å²) in [6.07, 6.45) is 0. The number of nitrogens with one attached hydrogen (secondary N) is 5. The molecule has 2 aliphatic heterocycles. The second kappa shape index (κ2) is 26.9. The molecule has 5 amide bonds. The van der Waals surface area contributed by atoms with Crippen molar-refractivity contribution in [3.63, 3.8) is 0 Å². The number of nitrogens with two attached hydrogens (primary N) is 1. The van der Waals surface area contributed by atoms with Crippen LogP contribution in [0.5, 0.6) is 0 Å². The molecule has 0 saturated heterocycles. The molecule has 0 atom stereocenters. The standard InChI is InChI=1S/C31H31F2N7O2.C24H24F2N6O3.C7H9N/c1-18-12-13-20(29(41)36-25-11-6-5-8-19(25)2)16-21(18)26-22-17-35-31(42)40(27-23(32)9-7-10-24(27)33)28(22)38-30(37-26)34-14-15-39(3)4;1-13-7-8-14(22(33)34)11-15(13)19-16-12-28-24(35)32(20-17(25)5-4-6-18(20)26)21(16)30-23(29-19)27-9-10-31(2)3;1-6-4-2-3-5-7(6)8/h5-13,16H,14-15,17H2,1-4H3,(H,35,42)(H,36,41)(H,34,37,38);4-8,11H,9-10,12H2,1-3H3,(H,28,35)(H,33,34)(H,27,29,30);2-5H,8H2,1H3. The fraction of sp³-hybridized carbons (Fsp3) is 0.226. The zero-order chi connectivity index (χ0) is 61.2. The topological polar surface area (TPSA) is 239 Å². The van der Waals surface area contributed by atoms with E-state index in [9.17, 15) is 41.8 Å². The summed E-state index contributed by atoms with van der Waals surface area (Å²) < 4.78 is 59.4. The average molecular weight is 1160 g/mol. The van der Waals surface area contributed by atoms with Gasteiger partial charge in [-0.3, -0.25) is 4.79 Å². The first-order valence-corrected chi connectivity index (χ1v) is 26.9. The van der Waals surface area contributed by atoms with Gasteiger partial charge in [0.1, 0.15) is 34.6 Å². The number of urea groups is 2. The number of benzene rings is 6. The van der Waals surface area contributed by atoms with E-state index in [0.717, 1.165) is 62.0 Å². The molecule has 19 nitrogen and oxygen atoms in total. The van der Waals surface area contributed by atoms with Gasteiger partial charge in [0.25, 0.3) is 5.91 Å². The molecule has 8 aromatic rings. The highest BCUT2D eigenvalue weighted by Gasteiger charge is 2.36. The Labute approximate surface area is 489 Å². The van der Waals surface area contributed by atoms with Gasteiger partial charge in [0.05, 0.1) is 30.0 Å². The van der Waals surface area contributed by atoms with E-state index in [1.54, 1.807) is 25.1 Å². The third kappa shape index (κ3) is 14.3. The molecule has 0 radical (unpaired) electrons. The van der Waals surface area contributed by atoms with Crippen LogP contribution >= 0.6 is 0 Å². The number of halogens is 4. The molecule has 10 rings (SSSR count).